The van der Waals surface area contributed by atoms with Crippen LogP contribution in [0.1, 0.15) is 11.4 Å². The number of aryl methyl sites for hydroxylation is 2. The number of pyridine rings is 1. The van der Waals surface area contributed by atoms with E-state index in [0.29, 0.717) is 14.6 Å². The fourth-order valence-corrected chi connectivity index (χ4v) is 1.47. The summed E-state index contributed by atoms with van der Waals surface area (Å²) in [4.78, 5) is 3.02. The van der Waals surface area contributed by atoms with Gasteiger partial charge in [0.05, 0.1) is 14.6 Å². The second kappa shape index (κ2) is 3.13. The van der Waals surface area contributed by atoms with E-state index in [-0.39, 0.29) is 0 Å². The molecule has 0 saturated carbocycles. The molecule has 1 aromatic heterocycles. The third-order valence-electron chi connectivity index (χ3n) is 1.43. The van der Waals surface area contributed by atoms with Gasteiger partial charge >= 0.3 is 0 Å². The Morgan fingerprint density at radius 1 is 1.09 bits per heavy atom. The quantitative estimate of drug-likeness (QED) is 0.643. The zero-order valence-electron chi connectivity index (χ0n) is 6.16. The Kier molecular flexibility index (Phi) is 2.58. The molecule has 60 valence electrons. The molecular weight excluding hydrogens is 201 g/mol. The molecule has 0 bridgehead atoms. The topological polar surface area (TPSA) is 15.8 Å². The summed E-state index contributed by atoms with van der Waals surface area (Å²) in [5.74, 6) is 0. The highest BCUT2D eigenvalue weighted by Gasteiger charge is 2.04. The van der Waals surface area contributed by atoms with Crippen LogP contribution in [0.5, 0.6) is 0 Å². The minimum absolute atomic E-state index is 0.530. The van der Waals surface area contributed by atoms with E-state index in [9.17, 15) is 0 Å². The molecule has 0 aliphatic heterocycles. The van der Waals surface area contributed by atoms with Gasteiger partial charge in [0.15, 0.2) is 0 Å². The second-order valence-electron chi connectivity index (χ2n) is 2.33. The van der Waals surface area contributed by atoms with Crippen LogP contribution in [0.2, 0.25) is 10.0 Å². The lowest BCUT2D eigenvalue weighted by molar-refractivity contribution is 1.12. The number of H-pyrrole nitrogens is 1. The first kappa shape index (κ1) is 9.04. The summed E-state index contributed by atoms with van der Waals surface area (Å²) in [6.45, 7) is 3.73. The lowest BCUT2D eigenvalue weighted by Crippen LogP contribution is -1.89. The van der Waals surface area contributed by atoms with Crippen LogP contribution >= 0.6 is 35.4 Å². The van der Waals surface area contributed by atoms with Gasteiger partial charge in [-0.3, -0.25) is 0 Å². The fourth-order valence-electron chi connectivity index (χ4n) is 0.828. The zero-order chi connectivity index (χ0) is 8.59. The number of nitrogens with one attached hydrogen (secondary N) is 1. The molecule has 1 nitrogen and oxygen atoms in total. The molecule has 4 heteroatoms. The summed E-state index contributed by atoms with van der Waals surface area (Å²) < 4.78 is 0.530. The molecule has 0 radical (unpaired) electrons. The summed E-state index contributed by atoms with van der Waals surface area (Å²) in [6.07, 6.45) is 0. The molecule has 1 aromatic rings. The average Bonchev–Trinajstić information content (AvgIpc) is 1.97. The van der Waals surface area contributed by atoms with Crippen molar-refractivity contribution in [2.45, 2.75) is 13.8 Å². The lowest BCUT2D eigenvalue weighted by Gasteiger charge is -2.03. The number of aromatic nitrogens is 1. The van der Waals surface area contributed by atoms with E-state index in [1.807, 2.05) is 13.8 Å². The minimum Gasteiger partial charge on any atom is -0.360 e. The van der Waals surface area contributed by atoms with E-state index in [1.165, 1.54) is 0 Å². The maximum atomic E-state index is 5.84. The first-order valence-corrected chi connectivity index (χ1v) is 4.25. The summed E-state index contributed by atoms with van der Waals surface area (Å²) in [5.41, 5.74) is 1.72. The highest BCUT2D eigenvalue weighted by Crippen LogP contribution is 2.23. The van der Waals surface area contributed by atoms with Gasteiger partial charge in [-0.25, -0.2) is 0 Å². The smallest absolute Gasteiger partial charge is 0.0792 e. The second-order valence-corrected chi connectivity index (χ2v) is 3.50. The maximum absolute atomic E-state index is 5.84. The van der Waals surface area contributed by atoms with Crippen LogP contribution in [0.4, 0.5) is 0 Å². The van der Waals surface area contributed by atoms with Crippen LogP contribution in [0, 0.1) is 18.4 Å². The van der Waals surface area contributed by atoms with Crippen LogP contribution in [-0.4, -0.2) is 4.98 Å². The number of hydrogen-bond donors (Lipinski definition) is 1. The van der Waals surface area contributed by atoms with E-state index >= 15 is 0 Å². The van der Waals surface area contributed by atoms with Crippen LogP contribution in [0.25, 0.3) is 0 Å². The monoisotopic (exact) mass is 207 g/mol. The standard InChI is InChI=1S/C7H7Cl2NS/c1-3-5(8)7(11)6(9)4(2)10-3/h1-2H3,(H,10,11). The highest BCUT2D eigenvalue weighted by molar-refractivity contribution is 7.71. The third kappa shape index (κ3) is 1.58. The summed E-state index contributed by atoms with van der Waals surface area (Å²) in [5, 5.41) is 1.08. The molecule has 1 N–H and O–H groups in total. The predicted molar refractivity (Wildman–Crippen MR) is 51.1 cm³/mol. The van der Waals surface area contributed by atoms with Crippen LogP contribution in [-0.2, 0) is 0 Å². The van der Waals surface area contributed by atoms with Crippen molar-refractivity contribution in [2.75, 3.05) is 0 Å². The van der Waals surface area contributed by atoms with Gasteiger partial charge in [-0.15, -0.1) is 0 Å². The van der Waals surface area contributed by atoms with Crippen molar-refractivity contribution < 1.29 is 0 Å². The highest BCUT2D eigenvalue weighted by atomic mass is 35.5. The van der Waals surface area contributed by atoms with E-state index in [2.05, 4.69) is 4.98 Å². The third-order valence-corrected chi connectivity index (χ3v) is 3.01. The minimum atomic E-state index is 0.530. The number of hydrogen-bond acceptors (Lipinski definition) is 1. The molecule has 1 rings (SSSR count). The van der Waals surface area contributed by atoms with Crippen LogP contribution in [0.15, 0.2) is 0 Å². The Morgan fingerprint density at radius 2 is 1.45 bits per heavy atom. The predicted octanol–water partition coefficient (Wildman–Crippen LogP) is 3.67. The van der Waals surface area contributed by atoms with Crippen molar-refractivity contribution in [3.8, 4) is 0 Å². The average molecular weight is 208 g/mol. The number of rotatable bonds is 0. The van der Waals surface area contributed by atoms with E-state index < -0.39 is 0 Å². The molecule has 0 spiro atoms. The van der Waals surface area contributed by atoms with Gasteiger partial charge in [-0.1, -0.05) is 35.4 Å². The fraction of sp³-hybridized carbons (Fsp3) is 0.286. The van der Waals surface area contributed by atoms with Crippen molar-refractivity contribution in [1.29, 1.82) is 0 Å². The van der Waals surface area contributed by atoms with Gasteiger partial charge in [0.2, 0.25) is 0 Å². The molecule has 0 atom stereocenters. The van der Waals surface area contributed by atoms with Gasteiger partial charge in [0.25, 0.3) is 0 Å². The van der Waals surface area contributed by atoms with Crippen LogP contribution < -0.4 is 0 Å². The summed E-state index contributed by atoms with van der Waals surface area (Å²) in [7, 11) is 0. The molecule has 0 aliphatic carbocycles. The molecule has 1 heterocycles. The molecule has 0 fully saturated rings. The number of halogens is 2. The lowest BCUT2D eigenvalue weighted by atomic mass is 10.3. The van der Waals surface area contributed by atoms with E-state index in [0.717, 1.165) is 11.4 Å². The number of aromatic amines is 1. The SMILES string of the molecule is Cc1[nH]c(C)c(Cl)c(=S)c1Cl. The van der Waals surface area contributed by atoms with E-state index in [1.54, 1.807) is 0 Å². The summed E-state index contributed by atoms with van der Waals surface area (Å²) in [6, 6.07) is 0. The van der Waals surface area contributed by atoms with Crippen molar-refractivity contribution in [2.24, 2.45) is 0 Å². The summed E-state index contributed by atoms with van der Waals surface area (Å²) >= 11 is 16.7. The molecule has 0 unspecified atom stereocenters. The van der Waals surface area contributed by atoms with Crippen molar-refractivity contribution in [3.63, 3.8) is 0 Å². The Labute approximate surface area is 80.3 Å². The van der Waals surface area contributed by atoms with Crippen molar-refractivity contribution >= 4 is 35.4 Å². The maximum Gasteiger partial charge on any atom is 0.0792 e. The first-order valence-electron chi connectivity index (χ1n) is 3.08. The van der Waals surface area contributed by atoms with Gasteiger partial charge in [0, 0.05) is 11.4 Å². The van der Waals surface area contributed by atoms with Crippen molar-refractivity contribution in [1.82, 2.24) is 4.98 Å². The molecule has 0 amide bonds. The Balaban J connectivity index is 3.59. The molecular formula is C7H7Cl2NS. The van der Waals surface area contributed by atoms with E-state index in [4.69, 9.17) is 35.4 Å². The zero-order valence-corrected chi connectivity index (χ0v) is 8.49. The van der Waals surface area contributed by atoms with Gasteiger partial charge in [-0.05, 0) is 13.8 Å². The van der Waals surface area contributed by atoms with Gasteiger partial charge < -0.3 is 4.98 Å². The first-order chi connectivity index (χ1) is 5.04. The molecule has 0 aliphatic rings. The molecule has 0 saturated heterocycles. The Hall–Kier alpha value is -0.0500. The van der Waals surface area contributed by atoms with Gasteiger partial charge in [0.1, 0.15) is 0 Å². The molecule has 0 aromatic carbocycles. The Morgan fingerprint density at radius 3 is 1.82 bits per heavy atom. The molecule has 11 heavy (non-hydrogen) atoms. The van der Waals surface area contributed by atoms with Crippen molar-refractivity contribution in [3.05, 3.63) is 25.9 Å². The largest absolute Gasteiger partial charge is 0.360 e. The van der Waals surface area contributed by atoms with Crippen LogP contribution in [0.3, 0.4) is 0 Å². The van der Waals surface area contributed by atoms with Gasteiger partial charge in [-0.2, -0.15) is 0 Å². The Bertz CT molecular complexity index is 314. The normalized spacial score (nSPS) is 10.2.